The van der Waals surface area contributed by atoms with Gasteiger partial charge in [-0.25, -0.2) is 0 Å². The van der Waals surface area contributed by atoms with Crippen LogP contribution in [0.15, 0.2) is 24.3 Å². The number of halogens is 1. The highest BCUT2D eigenvalue weighted by molar-refractivity contribution is 6.30. The molecule has 1 aromatic carbocycles. The second kappa shape index (κ2) is 1.99. The molecule has 0 atom stereocenters. The molecule has 0 amide bonds. The van der Waals surface area contributed by atoms with Crippen molar-refractivity contribution < 1.29 is 0 Å². The van der Waals surface area contributed by atoms with Crippen LogP contribution in [-0.2, 0) is 0 Å². The zero-order chi connectivity index (χ0) is 5.11. The third kappa shape index (κ3) is 1.20. The molecule has 1 aromatic rings. The first-order chi connectivity index (χ1) is 3.39. The zero-order valence-corrected chi connectivity index (χ0v) is 4.44. The average molecular weight is 112 g/mol. The molecule has 0 saturated heterocycles. The van der Waals surface area contributed by atoms with Gasteiger partial charge in [-0.3, -0.25) is 0 Å². The molecule has 0 saturated carbocycles. The fourth-order valence-electron chi connectivity index (χ4n) is 0.367. The summed E-state index contributed by atoms with van der Waals surface area (Å²) in [5.74, 6) is 0. The fourth-order valence-corrected chi connectivity index (χ4v) is 0.493. The van der Waals surface area contributed by atoms with E-state index in [0.717, 1.165) is 5.02 Å². The number of benzene rings is 1. The van der Waals surface area contributed by atoms with Gasteiger partial charge in [0.1, 0.15) is 0 Å². The van der Waals surface area contributed by atoms with Gasteiger partial charge in [0.15, 0.2) is 0 Å². The van der Waals surface area contributed by atoms with Crippen molar-refractivity contribution in [3.8, 4) is 0 Å². The second-order valence-electron chi connectivity index (χ2n) is 1.22. The van der Waals surface area contributed by atoms with Crippen molar-refractivity contribution in [1.29, 1.82) is 0 Å². The summed E-state index contributed by atoms with van der Waals surface area (Å²) in [6.45, 7) is 0. The molecule has 0 bridgehead atoms. The van der Waals surface area contributed by atoms with E-state index < -0.39 is 0 Å². The molecule has 0 aliphatic rings. The third-order valence-electron chi connectivity index (χ3n) is 0.678. The lowest BCUT2D eigenvalue weighted by molar-refractivity contribution is 1.69. The first-order valence-electron chi connectivity index (χ1n) is 2.01. The highest BCUT2D eigenvalue weighted by atomic mass is 35.5. The molecule has 0 heterocycles. The largest absolute Gasteiger partial charge is 0.0843 e. The molecular formula is C6H4Cl. The lowest BCUT2D eigenvalue weighted by Crippen LogP contribution is -1.56. The van der Waals surface area contributed by atoms with Crippen LogP contribution >= 0.6 is 11.6 Å². The van der Waals surface area contributed by atoms with Crippen molar-refractivity contribution in [2.24, 2.45) is 0 Å². The lowest BCUT2D eigenvalue weighted by atomic mass is 10.4. The Bertz CT molecular complexity index is 134. The minimum Gasteiger partial charge on any atom is -0.0843 e. The summed E-state index contributed by atoms with van der Waals surface area (Å²) >= 11 is 5.52. The van der Waals surface area contributed by atoms with Gasteiger partial charge in [0.05, 0.1) is 0 Å². The van der Waals surface area contributed by atoms with Gasteiger partial charge in [0.25, 0.3) is 0 Å². The molecule has 0 fully saturated rings. The third-order valence-corrected chi connectivity index (χ3v) is 0.930. The molecule has 35 valence electrons. The first-order valence-corrected chi connectivity index (χ1v) is 2.39. The van der Waals surface area contributed by atoms with Gasteiger partial charge in [0.2, 0.25) is 0 Å². The van der Waals surface area contributed by atoms with Crippen molar-refractivity contribution >= 4 is 11.6 Å². The molecule has 1 radical (unpaired) electrons. The van der Waals surface area contributed by atoms with Crippen LogP contribution in [0.4, 0.5) is 0 Å². The highest BCUT2D eigenvalue weighted by Gasteiger charge is 1.75. The summed E-state index contributed by atoms with van der Waals surface area (Å²) in [6, 6.07) is 10.00. The number of rotatable bonds is 0. The Hall–Kier alpha value is -0.490. The number of hydrogen-bond acceptors (Lipinski definition) is 0. The van der Waals surface area contributed by atoms with E-state index in [-0.39, 0.29) is 0 Å². The van der Waals surface area contributed by atoms with E-state index >= 15 is 0 Å². The van der Waals surface area contributed by atoms with E-state index in [1.165, 1.54) is 0 Å². The van der Waals surface area contributed by atoms with E-state index in [4.69, 9.17) is 11.6 Å². The van der Waals surface area contributed by atoms with Gasteiger partial charge in [0, 0.05) is 5.02 Å². The van der Waals surface area contributed by atoms with Crippen LogP contribution in [0.5, 0.6) is 0 Å². The van der Waals surface area contributed by atoms with Gasteiger partial charge in [-0.15, -0.1) is 0 Å². The molecule has 0 spiro atoms. The summed E-state index contributed by atoms with van der Waals surface area (Å²) in [7, 11) is 0. The normalized spacial score (nSPS) is 8.71. The van der Waals surface area contributed by atoms with Gasteiger partial charge in [-0.1, -0.05) is 23.7 Å². The summed E-state index contributed by atoms with van der Waals surface area (Å²) < 4.78 is 0. The molecule has 0 aromatic heterocycles. The van der Waals surface area contributed by atoms with Gasteiger partial charge in [-0.05, 0) is 18.2 Å². The van der Waals surface area contributed by atoms with Crippen molar-refractivity contribution in [2.45, 2.75) is 0 Å². The Morgan fingerprint density at radius 1 is 1.29 bits per heavy atom. The minimum absolute atomic E-state index is 0.763. The molecule has 0 nitrogen and oxygen atoms in total. The van der Waals surface area contributed by atoms with E-state index in [9.17, 15) is 0 Å². The van der Waals surface area contributed by atoms with Crippen molar-refractivity contribution in [3.05, 3.63) is 35.4 Å². The standard InChI is InChI=1S/C6H4Cl/c7-6-4-2-1-3-5-6/h2-5H. The molecule has 0 N–H and O–H groups in total. The summed E-state index contributed by atoms with van der Waals surface area (Å²) in [5, 5.41) is 0.763. The zero-order valence-electron chi connectivity index (χ0n) is 3.69. The van der Waals surface area contributed by atoms with Crippen LogP contribution in [0, 0.1) is 6.07 Å². The maximum absolute atomic E-state index is 5.52. The van der Waals surface area contributed by atoms with E-state index in [1.54, 1.807) is 24.3 Å². The van der Waals surface area contributed by atoms with Crippen LogP contribution in [0.1, 0.15) is 0 Å². The van der Waals surface area contributed by atoms with E-state index in [0.29, 0.717) is 0 Å². The molecular weight excluding hydrogens is 108 g/mol. The minimum atomic E-state index is 0.763. The smallest absolute Gasteiger partial charge is 0.0406 e. The molecule has 7 heavy (non-hydrogen) atoms. The summed E-state index contributed by atoms with van der Waals surface area (Å²) in [5.41, 5.74) is 0. The van der Waals surface area contributed by atoms with Crippen molar-refractivity contribution in [3.63, 3.8) is 0 Å². The second-order valence-corrected chi connectivity index (χ2v) is 1.65. The maximum atomic E-state index is 5.52. The lowest BCUT2D eigenvalue weighted by Gasteiger charge is -1.79. The Labute approximate surface area is 47.7 Å². The Kier molecular flexibility index (Phi) is 1.32. The quantitative estimate of drug-likeness (QED) is 0.481. The van der Waals surface area contributed by atoms with E-state index in [1.807, 2.05) is 0 Å². The van der Waals surface area contributed by atoms with Crippen LogP contribution in [0.2, 0.25) is 5.02 Å². The molecule has 0 aliphatic carbocycles. The molecule has 0 unspecified atom stereocenters. The van der Waals surface area contributed by atoms with Crippen molar-refractivity contribution in [1.82, 2.24) is 0 Å². The molecule has 0 aliphatic heterocycles. The summed E-state index contributed by atoms with van der Waals surface area (Å²) in [4.78, 5) is 0. The van der Waals surface area contributed by atoms with Crippen LogP contribution in [0.25, 0.3) is 0 Å². The SMILES string of the molecule is Clc1cc[c]cc1. The molecule has 1 rings (SSSR count). The van der Waals surface area contributed by atoms with Gasteiger partial charge >= 0.3 is 0 Å². The predicted molar refractivity (Wildman–Crippen MR) is 30.3 cm³/mol. The highest BCUT2D eigenvalue weighted by Crippen LogP contribution is 2.03. The fraction of sp³-hybridized carbons (Fsp3) is 0. The Morgan fingerprint density at radius 2 is 1.86 bits per heavy atom. The number of hydrogen-bond donors (Lipinski definition) is 0. The van der Waals surface area contributed by atoms with Gasteiger partial charge < -0.3 is 0 Å². The Balaban J connectivity index is 3.02. The maximum Gasteiger partial charge on any atom is 0.0406 e. The predicted octanol–water partition coefficient (Wildman–Crippen LogP) is 2.14. The molecule has 1 heteroatoms. The van der Waals surface area contributed by atoms with Crippen LogP contribution in [-0.4, -0.2) is 0 Å². The van der Waals surface area contributed by atoms with Crippen molar-refractivity contribution in [2.75, 3.05) is 0 Å². The topological polar surface area (TPSA) is 0 Å². The van der Waals surface area contributed by atoms with Crippen LogP contribution < -0.4 is 0 Å². The summed E-state index contributed by atoms with van der Waals surface area (Å²) in [6.07, 6.45) is 0. The monoisotopic (exact) mass is 111 g/mol. The average Bonchev–Trinajstić information content (AvgIpc) is 1.69. The van der Waals surface area contributed by atoms with Crippen LogP contribution in [0.3, 0.4) is 0 Å². The Morgan fingerprint density at radius 3 is 2.14 bits per heavy atom. The van der Waals surface area contributed by atoms with E-state index in [2.05, 4.69) is 6.07 Å². The van der Waals surface area contributed by atoms with Gasteiger partial charge in [-0.2, -0.15) is 0 Å². The first kappa shape index (κ1) is 4.66.